The summed E-state index contributed by atoms with van der Waals surface area (Å²) in [4.78, 5) is 81.9. The van der Waals surface area contributed by atoms with Gasteiger partial charge in [0.1, 0.15) is 18.1 Å². The second-order valence-electron chi connectivity index (χ2n) is 7.70. The van der Waals surface area contributed by atoms with Crippen molar-refractivity contribution in [1.29, 1.82) is 0 Å². The van der Waals surface area contributed by atoms with E-state index in [4.69, 9.17) is 27.4 Å². The van der Waals surface area contributed by atoms with Gasteiger partial charge in [-0.1, -0.05) is 13.8 Å². The summed E-state index contributed by atoms with van der Waals surface area (Å²) in [5, 5.41) is 24.3. The van der Waals surface area contributed by atoms with Crippen LogP contribution in [0.3, 0.4) is 0 Å². The summed E-state index contributed by atoms with van der Waals surface area (Å²) < 4.78 is 0. The number of hydrogen-bond donors (Lipinski definition) is 8. The van der Waals surface area contributed by atoms with Crippen molar-refractivity contribution in [2.75, 3.05) is 0 Å². The lowest BCUT2D eigenvalue weighted by atomic mass is 10.0. The smallest absolute Gasteiger partial charge is 0.326 e. The molecular weight excluding hydrogens is 444 g/mol. The van der Waals surface area contributed by atoms with E-state index in [1.807, 2.05) is 5.32 Å². The molecule has 0 spiro atoms. The van der Waals surface area contributed by atoms with E-state index >= 15 is 0 Å². The van der Waals surface area contributed by atoms with Gasteiger partial charge >= 0.3 is 11.9 Å². The van der Waals surface area contributed by atoms with E-state index in [-0.39, 0.29) is 12.3 Å². The van der Waals surface area contributed by atoms with Crippen LogP contribution in [-0.4, -0.2) is 75.9 Å². The minimum absolute atomic E-state index is 0.0312. The molecule has 0 heterocycles. The number of nitrogens with one attached hydrogen (secondary N) is 3. The number of carbonyl (C=O) groups excluding carboxylic acids is 5. The highest BCUT2D eigenvalue weighted by atomic mass is 16.4. The molecule has 0 aliphatic rings. The Labute approximate surface area is 188 Å². The zero-order chi connectivity index (χ0) is 25.9. The average Bonchev–Trinajstić information content (AvgIpc) is 2.64. The summed E-state index contributed by atoms with van der Waals surface area (Å²) in [6.45, 7) is 3.59. The largest absolute Gasteiger partial charge is 0.481 e. The number of carboxylic acids is 2. The highest BCUT2D eigenvalue weighted by Gasteiger charge is 2.32. The maximum atomic E-state index is 12.6. The predicted molar refractivity (Wildman–Crippen MR) is 111 cm³/mol. The van der Waals surface area contributed by atoms with Crippen molar-refractivity contribution in [1.82, 2.24) is 16.0 Å². The van der Waals surface area contributed by atoms with Gasteiger partial charge in [0.05, 0.1) is 25.3 Å². The Hall–Kier alpha value is -3.75. The van der Waals surface area contributed by atoms with E-state index in [1.165, 1.54) is 0 Å². The van der Waals surface area contributed by atoms with Gasteiger partial charge in [-0.15, -0.1) is 0 Å². The van der Waals surface area contributed by atoms with Gasteiger partial charge in [0, 0.05) is 0 Å². The molecule has 33 heavy (non-hydrogen) atoms. The lowest BCUT2D eigenvalue weighted by Crippen LogP contribution is -2.58. The van der Waals surface area contributed by atoms with Crippen LogP contribution in [0.1, 0.15) is 39.5 Å². The minimum Gasteiger partial charge on any atom is -0.481 e. The number of primary amides is 2. The molecule has 0 rings (SSSR count). The number of amides is 5. The molecule has 0 aromatic carbocycles. The lowest BCUT2D eigenvalue weighted by Gasteiger charge is -2.24. The Balaban J connectivity index is 5.56. The topological polar surface area (TPSA) is 274 Å². The minimum atomic E-state index is -1.76. The molecular formula is C18H30N6O9. The Kier molecular flexibility index (Phi) is 12.1. The molecule has 4 atom stereocenters. The molecule has 0 radical (unpaired) electrons. The number of carboxylic acid groups (broad SMARTS) is 2. The summed E-state index contributed by atoms with van der Waals surface area (Å²) in [7, 11) is 0. The second kappa shape index (κ2) is 13.6. The van der Waals surface area contributed by atoms with Crippen LogP contribution in [0.2, 0.25) is 0 Å². The first-order chi connectivity index (χ1) is 15.1. The standard InChI is InChI=1S/C18H30N6O9/c1-7(2)3-8(19)15(29)22-10(6-14(27)28)17(31)23-9(4-12(20)25)16(30)24-11(18(32)33)5-13(21)26/h7-11H,3-6,19H2,1-2H3,(H2,20,25)(H2,21,26)(H,22,29)(H,23,31)(H,24,30)(H,27,28)(H,32,33). The van der Waals surface area contributed by atoms with Crippen LogP contribution < -0.4 is 33.2 Å². The van der Waals surface area contributed by atoms with Crippen LogP contribution >= 0.6 is 0 Å². The van der Waals surface area contributed by atoms with Gasteiger partial charge in [-0.2, -0.15) is 0 Å². The van der Waals surface area contributed by atoms with Gasteiger partial charge in [-0.25, -0.2) is 4.79 Å². The number of carbonyl (C=O) groups is 7. The molecule has 15 nitrogen and oxygen atoms in total. The highest BCUT2D eigenvalue weighted by Crippen LogP contribution is 2.05. The number of aliphatic carboxylic acids is 2. The van der Waals surface area contributed by atoms with Crippen LogP contribution in [0.15, 0.2) is 0 Å². The molecule has 0 aliphatic carbocycles. The molecule has 15 heteroatoms. The van der Waals surface area contributed by atoms with E-state index < -0.39 is 84.9 Å². The summed E-state index contributed by atoms with van der Waals surface area (Å²) in [5.74, 6) is -8.32. The normalized spacial score (nSPS) is 14.3. The molecule has 0 saturated carbocycles. The first-order valence-electron chi connectivity index (χ1n) is 9.81. The third kappa shape index (κ3) is 12.0. The van der Waals surface area contributed by atoms with Crippen molar-refractivity contribution in [3.05, 3.63) is 0 Å². The summed E-state index contributed by atoms with van der Waals surface area (Å²) in [5.41, 5.74) is 15.7. The Morgan fingerprint density at radius 1 is 0.697 bits per heavy atom. The molecule has 0 fully saturated rings. The van der Waals surface area contributed by atoms with Crippen molar-refractivity contribution in [2.45, 2.75) is 63.7 Å². The molecule has 5 amide bonds. The molecule has 0 aromatic heterocycles. The maximum Gasteiger partial charge on any atom is 0.326 e. The van der Waals surface area contributed by atoms with Crippen molar-refractivity contribution in [3.8, 4) is 0 Å². The first-order valence-corrected chi connectivity index (χ1v) is 9.81. The maximum absolute atomic E-state index is 12.6. The van der Waals surface area contributed by atoms with E-state index in [2.05, 4.69) is 10.6 Å². The fraction of sp³-hybridized carbons (Fsp3) is 0.611. The van der Waals surface area contributed by atoms with Gasteiger partial charge in [-0.05, 0) is 12.3 Å². The summed E-state index contributed by atoms with van der Waals surface area (Å²) in [6, 6.07) is -6.20. The summed E-state index contributed by atoms with van der Waals surface area (Å²) >= 11 is 0. The molecule has 4 unspecified atom stereocenters. The molecule has 186 valence electrons. The van der Waals surface area contributed by atoms with E-state index in [1.54, 1.807) is 13.8 Å². The molecule has 0 saturated heterocycles. The molecule has 0 aromatic rings. The third-order valence-corrected chi connectivity index (χ3v) is 4.13. The lowest BCUT2D eigenvalue weighted by molar-refractivity contribution is -0.144. The second-order valence-corrected chi connectivity index (χ2v) is 7.70. The van der Waals surface area contributed by atoms with Crippen LogP contribution in [-0.2, 0) is 33.6 Å². The quantitative estimate of drug-likeness (QED) is 0.114. The van der Waals surface area contributed by atoms with Crippen molar-refractivity contribution in [2.24, 2.45) is 23.1 Å². The van der Waals surface area contributed by atoms with Crippen molar-refractivity contribution in [3.63, 3.8) is 0 Å². The zero-order valence-corrected chi connectivity index (χ0v) is 18.2. The number of nitrogens with two attached hydrogens (primary N) is 3. The van der Waals surface area contributed by atoms with Gasteiger partial charge < -0.3 is 43.4 Å². The monoisotopic (exact) mass is 474 g/mol. The van der Waals surface area contributed by atoms with E-state index in [0.717, 1.165) is 0 Å². The Morgan fingerprint density at radius 3 is 1.48 bits per heavy atom. The van der Waals surface area contributed by atoms with Gasteiger partial charge in [-0.3, -0.25) is 28.8 Å². The van der Waals surface area contributed by atoms with Crippen molar-refractivity contribution >= 4 is 41.5 Å². The van der Waals surface area contributed by atoms with Crippen LogP contribution in [0.5, 0.6) is 0 Å². The van der Waals surface area contributed by atoms with Gasteiger partial charge in [0.25, 0.3) is 0 Å². The van der Waals surface area contributed by atoms with Crippen LogP contribution in [0.4, 0.5) is 0 Å². The van der Waals surface area contributed by atoms with E-state index in [0.29, 0.717) is 0 Å². The van der Waals surface area contributed by atoms with E-state index in [9.17, 15) is 33.6 Å². The van der Waals surface area contributed by atoms with Crippen LogP contribution in [0.25, 0.3) is 0 Å². The molecule has 11 N–H and O–H groups in total. The number of rotatable bonds is 15. The SMILES string of the molecule is CC(C)CC(N)C(=O)NC(CC(=O)O)C(=O)NC(CC(N)=O)C(=O)NC(CC(N)=O)C(=O)O. The van der Waals surface area contributed by atoms with Crippen LogP contribution in [0, 0.1) is 5.92 Å². The molecule has 0 bridgehead atoms. The Morgan fingerprint density at radius 2 is 1.09 bits per heavy atom. The fourth-order valence-corrected chi connectivity index (χ4v) is 2.63. The van der Waals surface area contributed by atoms with Gasteiger partial charge in [0.15, 0.2) is 0 Å². The fourth-order valence-electron chi connectivity index (χ4n) is 2.63. The zero-order valence-electron chi connectivity index (χ0n) is 18.2. The van der Waals surface area contributed by atoms with Gasteiger partial charge in [0.2, 0.25) is 29.5 Å². The number of hydrogen-bond acceptors (Lipinski definition) is 8. The first kappa shape index (κ1) is 29.2. The summed E-state index contributed by atoms with van der Waals surface area (Å²) in [6.07, 6.45) is -2.20. The molecule has 0 aliphatic heterocycles. The Bertz CT molecular complexity index is 785. The predicted octanol–water partition coefficient (Wildman–Crippen LogP) is -3.88. The van der Waals surface area contributed by atoms with Crippen molar-refractivity contribution < 1.29 is 43.8 Å². The third-order valence-electron chi connectivity index (χ3n) is 4.13. The highest BCUT2D eigenvalue weighted by molar-refractivity contribution is 5.97. The average molecular weight is 474 g/mol.